The fourth-order valence-corrected chi connectivity index (χ4v) is 7.22. The van der Waals surface area contributed by atoms with Crippen LogP contribution in [0.25, 0.3) is 0 Å². The monoisotopic (exact) mass is 482 g/mol. The van der Waals surface area contributed by atoms with Gasteiger partial charge in [-0.2, -0.15) is 4.39 Å². The quantitative estimate of drug-likeness (QED) is 0.344. The van der Waals surface area contributed by atoms with E-state index in [0.29, 0.717) is 40.8 Å². The number of aromatic nitrogens is 2. The molecule has 35 heavy (non-hydrogen) atoms. The number of aliphatic hydroxyl groups is 1. The van der Waals surface area contributed by atoms with Crippen LogP contribution in [0.1, 0.15) is 76.2 Å². The molecule has 4 fully saturated rings. The van der Waals surface area contributed by atoms with Crippen LogP contribution in [0.2, 0.25) is 0 Å². The number of ketones is 1. The molecule has 186 valence electrons. The zero-order valence-electron chi connectivity index (χ0n) is 20.5. The Morgan fingerprint density at radius 1 is 1.14 bits per heavy atom. The van der Waals surface area contributed by atoms with Crippen molar-refractivity contribution in [1.82, 2.24) is 14.9 Å². The number of nitrogens with zero attached hydrogens (tertiary/aromatic N) is 2. The number of pyridine rings is 1. The molecule has 0 saturated heterocycles. The number of rotatable bonds is 5. The Kier molecular flexibility index (Phi) is 5.39. The van der Waals surface area contributed by atoms with Crippen molar-refractivity contribution in [3.63, 3.8) is 0 Å². The second-order valence-electron chi connectivity index (χ2n) is 11.0. The van der Waals surface area contributed by atoms with E-state index in [1.54, 1.807) is 32.4 Å². The van der Waals surface area contributed by atoms with E-state index in [9.17, 15) is 23.9 Å². The minimum Gasteiger partial charge on any atom is -0.390 e. The molecule has 9 heteroatoms. The van der Waals surface area contributed by atoms with E-state index in [1.165, 1.54) is 12.3 Å². The van der Waals surface area contributed by atoms with Crippen molar-refractivity contribution in [2.75, 3.05) is 5.32 Å². The molecule has 8 nitrogen and oxygen atoms in total. The Balaban J connectivity index is 1.38. The molecule has 4 saturated carbocycles. The van der Waals surface area contributed by atoms with Gasteiger partial charge in [-0.15, -0.1) is 0 Å². The SMILES string of the molecule is Cc1cc(NC(=O)c2c(C)c(C(=O)C(=O)N[C@@]34C[C@@H]5C[C@@H](C[C@@](O)(C5)C3)C4)n(C)c2C)cnc1F. The van der Waals surface area contributed by atoms with Gasteiger partial charge in [0.25, 0.3) is 17.6 Å². The normalized spacial score (nSPS) is 28.7. The van der Waals surface area contributed by atoms with Gasteiger partial charge in [-0.1, -0.05) is 0 Å². The minimum atomic E-state index is -0.753. The van der Waals surface area contributed by atoms with Crippen molar-refractivity contribution in [2.24, 2.45) is 18.9 Å². The van der Waals surface area contributed by atoms with Gasteiger partial charge in [-0.25, -0.2) is 4.98 Å². The molecule has 0 aliphatic heterocycles. The topological polar surface area (TPSA) is 113 Å². The fourth-order valence-electron chi connectivity index (χ4n) is 7.22. The maximum absolute atomic E-state index is 13.5. The first-order chi connectivity index (χ1) is 16.4. The lowest BCUT2D eigenvalue weighted by molar-refractivity contribution is -0.149. The lowest BCUT2D eigenvalue weighted by Gasteiger charge is -2.60. The lowest BCUT2D eigenvalue weighted by Crippen LogP contribution is -2.66. The average molecular weight is 483 g/mol. The Morgan fingerprint density at radius 2 is 1.80 bits per heavy atom. The van der Waals surface area contributed by atoms with Gasteiger partial charge in [0, 0.05) is 23.8 Å². The van der Waals surface area contributed by atoms with Crippen molar-refractivity contribution in [1.29, 1.82) is 0 Å². The van der Waals surface area contributed by atoms with E-state index in [2.05, 4.69) is 15.6 Å². The predicted octanol–water partition coefficient (Wildman–Crippen LogP) is 3.12. The maximum Gasteiger partial charge on any atom is 0.294 e. The summed E-state index contributed by atoms with van der Waals surface area (Å²) in [5.74, 6) is -1.74. The number of amides is 2. The van der Waals surface area contributed by atoms with Crippen LogP contribution < -0.4 is 10.6 Å². The molecule has 4 atom stereocenters. The molecular formula is C26H31FN4O4. The molecule has 2 aromatic rings. The second-order valence-corrected chi connectivity index (χ2v) is 11.0. The summed E-state index contributed by atoms with van der Waals surface area (Å²) in [5, 5.41) is 16.7. The molecule has 2 amide bonds. The molecule has 2 aromatic heterocycles. The van der Waals surface area contributed by atoms with Crippen molar-refractivity contribution in [3.8, 4) is 0 Å². The van der Waals surface area contributed by atoms with Crippen LogP contribution in [0.4, 0.5) is 10.1 Å². The first-order valence-corrected chi connectivity index (χ1v) is 12.1. The van der Waals surface area contributed by atoms with Crippen LogP contribution >= 0.6 is 0 Å². The standard InChI is InChI=1S/C26H31FN4O4/c1-13-5-18(11-28-22(13)27)29-23(33)19-14(2)20(31(4)15(19)3)21(32)24(34)30-25-7-16-6-17(8-25)10-26(35,9-16)12-25/h5,11,16-17,35H,6-10,12H2,1-4H3,(H,29,33)(H,30,34)/t16-,17+,25+,26-. The summed E-state index contributed by atoms with van der Waals surface area (Å²) in [5.41, 5.74) is 0.708. The van der Waals surface area contributed by atoms with E-state index >= 15 is 0 Å². The molecule has 4 bridgehead atoms. The van der Waals surface area contributed by atoms with E-state index in [1.807, 2.05) is 0 Å². The van der Waals surface area contributed by atoms with Gasteiger partial charge < -0.3 is 20.3 Å². The maximum atomic E-state index is 13.5. The third kappa shape index (κ3) is 3.95. The van der Waals surface area contributed by atoms with Crippen molar-refractivity contribution in [3.05, 3.63) is 46.3 Å². The first kappa shape index (κ1) is 23.7. The zero-order chi connectivity index (χ0) is 25.3. The van der Waals surface area contributed by atoms with E-state index in [-0.39, 0.29) is 11.3 Å². The molecule has 0 spiro atoms. The molecule has 0 radical (unpaired) electrons. The van der Waals surface area contributed by atoms with Crippen molar-refractivity contribution in [2.45, 2.75) is 70.4 Å². The molecule has 3 N–H and O–H groups in total. The highest BCUT2D eigenvalue weighted by atomic mass is 19.1. The molecule has 4 aliphatic carbocycles. The molecule has 4 aliphatic rings. The highest BCUT2D eigenvalue weighted by Crippen LogP contribution is 2.57. The van der Waals surface area contributed by atoms with Crippen LogP contribution in [-0.4, -0.2) is 43.4 Å². The predicted molar refractivity (Wildman–Crippen MR) is 127 cm³/mol. The summed E-state index contributed by atoms with van der Waals surface area (Å²) in [6, 6.07) is 1.48. The van der Waals surface area contributed by atoms with E-state index in [0.717, 1.165) is 32.1 Å². The van der Waals surface area contributed by atoms with Crippen LogP contribution in [0.5, 0.6) is 0 Å². The Morgan fingerprint density at radius 3 is 2.40 bits per heavy atom. The van der Waals surface area contributed by atoms with Crippen LogP contribution in [0.15, 0.2) is 12.3 Å². The van der Waals surface area contributed by atoms with E-state index in [4.69, 9.17) is 0 Å². The molecule has 2 heterocycles. The highest BCUT2D eigenvalue weighted by Gasteiger charge is 2.58. The number of nitrogens with one attached hydrogen (secondary N) is 2. The highest BCUT2D eigenvalue weighted by molar-refractivity contribution is 6.43. The van der Waals surface area contributed by atoms with Gasteiger partial charge in [-0.3, -0.25) is 14.4 Å². The van der Waals surface area contributed by atoms with Crippen molar-refractivity contribution < 1.29 is 23.9 Å². The minimum absolute atomic E-state index is 0.155. The number of Topliss-reactive ketones (excluding diaryl/α,β-unsaturated/α-hetero) is 1. The second kappa shape index (κ2) is 7.98. The smallest absolute Gasteiger partial charge is 0.294 e. The Hall–Kier alpha value is -3.07. The van der Waals surface area contributed by atoms with Gasteiger partial charge in [-0.05, 0) is 82.8 Å². The zero-order valence-corrected chi connectivity index (χ0v) is 20.5. The largest absolute Gasteiger partial charge is 0.390 e. The van der Waals surface area contributed by atoms with Gasteiger partial charge in [0.1, 0.15) is 0 Å². The number of hydrogen-bond acceptors (Lipinski definition) is 5. The van der Waals surface area contributed by atoms with Crippen LogP contribution in [0, 0.1) is 38.6 Å². The van der Waals surface area contributed by atoms with E-state index < -0.39 is 34.7 Å². The molecular weight excluding hydrogens is 451 g/mol. The number of anilines is 1. The van der Waals surface area contributed by atoms with Gasteiger partial charge >= 0.3 is 0 Å². The number of carbonyl (C=O) groups is 3. The van der Waals surface area contributed by atoms with Crippen molar-refractivity contribution >= 4 is 23.3 Å². The summed E-state index contributed by atoms with van der Waals surface area (Å²) in [4.78, 5) is 43.2. The molecule has 0 unspecified atom stereocenters. The number of halogens is 1. The lowest BCUT2D eigenvalue weighted by atomic mass is 9.51. The van der Waals surface area contributed by atoms with Gasteiger partial charge in [0.05, 0.1) is 28.7 Å². The summed E-state index contributed by atoms with van der Waals surface area (Å²) in [7, 11) is 1.65. The Labute approximate surface area is 203 Å². The fraction of sp³-hybridized carbons (Fsp3) is 0.538. The first-order valence-electron chi connectivity index (χ1n) is 12.1. The molecule has 0 aromatic carbocycles. The summed E-state index contributed by atoms with van der Waals surface area (Å²) < 4.78 is 15.0. The van der Waals surface area contributed by atoms with Gasteiger partial charge in [0.2, 0.25) is 5.95 Å². The van der Waals surface area contributed by atoms with Crippen LogP contribution in [0.3, 0.4) is 0 Å². The third-order valence-electron chi connectivity index (χ3n) is 8.26. The number of aryl methyl sites for hydroxylation is 1. The average Bonchev–Trinajstić information content (AvgIpc) is 2.96. The number of hydrogen-bond donors (Lipinski definition) is 3. The van der Waals surface area contributed by atoms with Crippen LogP contribution in [-0.2, 0) is 11.8 Å². The third-order valence-corrected chi connectivity index (χ3v) is 8.26. The molecule has 6 rings (SSSR count). The van der Waals surface area contributed by atoms with Gasteiger partial charge in [0.15, 0.2) is 0 Å². The summed E-state index contributed by atoms with van der Waals surface area (Å²) in [6.45, 7) is 4.90. The Bertz CT molecular complexity index is 1250. The number of carbonyl (C=O) groups excluding carboxylic acids is 3. The summed E-state index contributed by atoms with van der Waals surface area (Å²) >= 11 is 0. The summed E-state index contributed by atoms with van der Waals surface area (Å²) in [6.07, 6.45) is 5.90.